The second kappa shape index (κ2) is 6.88. The van der Waals surface area contributed by atoms with E-state index < -0.39 is 5.60 Å². The lowest BCUT2D eigenvalue weighted by Crippen LogP contribution is -2.44. The zero-order valence-electron chi connectivity index (χ0n) is 15.0. The highest BCUT2D eigenvalue weighted by Crippen LogP contribution is 2.34. The highest BCUT2D eigenvalue weighted by atomic mass is 16.5. The minimum atomic E-state index is -0.802. The molecule has 1 heterocycles. The number of amides is 1. The fourth-order valence-electron chi connectivity index (χ4n) is 3.39. The number of methoxy groups -OCH3 is 1. The van der Waals surface area contributed by atoms with Gasteiger partial charge in [0.2, 0.25) is 0 Å². The van der Waals surface area contributed by atoms with Crippen molar-refractivity contribution in [2.45, 2.75) is 38.7 Å². The largest absolute Gasteiger partial charge is 0.497 e. The Morgan fingerprint density at radius 3 is 2.76 bits per heavy atom. The molecule has 2 aromatic rings. The molecule has 0 spiro atoms. The molecule has 0 radical (unpaired) electrons. The van der Waals surface area contributed by atoms with Crippen LogP contribution in [-0.4, -0.2) is 40.0 Å². The van der Waals surface area contributed by atoms with Crippen molar-refractivity contribution in [1.82, 2.24) is 15.1 Å². The number of carbonyl (C=O) groups excluding carboxylic acids is 1. The Kier molecular flexibility index (Phi) is 4.81. The maximum Gasteiger partial charge on any atom is 0.271 e. The summed E-state index contributed by atoms with van der Waals surface area (Å²) in [7, 11) is 1.62. The number of hydrogen-bond donors (Lipinski definition) is 2. The van der Waals surface area contributed by atoms with Gasteiger partial charge in [0.15, 0.2) is 5.69 Å². The number of carbonyl (C=O) groups is 1. The van der Waals surface area contributed by atoms with Crippen molar-refractivity contribution >= 4 is 5.91 Å². The highest BCUT2D eigenvalue weighted by Gasteiger charge is 2.38. The molecule has 3 rings (SSSR count). The summed E-state index contributed by atoms with van der Waals surface area (Å²) < 4.78 is 6.88. The van der Waals surface area contributed by atoms with Gasteiger partial charge >= 0.3 is 0 Å². The van der Waals surface area contributed by atoms with Crippen molar-refractivity contribution in [3.05, 3.63) is 41.7 Å². The molecule has 1 aliphatic carbocycles. The molecule has 1 aliphatic rings. The summed E-state index contributed by atoms with van der Waals surface area (Å²) in [5.41, 5.74) is 1.27. The SMILES string of the molecule is COc1ccc(-n2nc(C(=O)NC[C@@]3(O)CCC[C@H]3C)cc2C)cc1. The van der Waals surface area contributed by atoms with Crippen LogP contribution in [-0.2, 0) is 0 Å². The monoisotopic (exact) mass is 343 g/mol. The third kappa shape index (κ3) is 3.54. The van der Waals surface area contributed by atoms with Gasteiger partial charge in [-0.25, -0.2) is 4.68 Å². The van der Waals surface area contributed by atoms with E-state index in [1.54, 1.807) is 17.9 Å². The highest BCUT2D eigenvalue weighted by molar-refractivity contribution is 5.92. The first-order chi connectivity index (χ1) is 11.9. The Morgan fingerprint density at radius 1 is 1.44 bits per heavy atom. The third-order valence-electron chi connectivity index (χ3n) is 5.16. The van der Waals surface area contributed by atoms with Crippen LogP contribution in [0.1, 0.15) is 42.4 Å². The number of aromatic nitrogens is 2. The smallest absolute Gasteiger partial charge is 0.271 e. The third-order valence-corrected chi connectivity index (χ3v) is 5.16. The van der Waals surface area contributed by atoms with Crippen LogP contribution >= 0.6 is 0 Å². The molecule has 1 aromatic heterocycles. The van der Waals surface area contributed by atoms with E-state index >= 15 is 0 Å². The van der Waals surface area contributed by atoms with Gasteiger partial charge in [0.05, 0.1) is 18.4 Å². The van der Waals surface area contributed by atoms with Crippen LogP contribution in [0.5, 0.6) is 5.75 Å². The number of aryl methyl sites for hydroxylation is 1. The van der Waals surface area contributed by atoms with E-state index in [1.165, 1.54) is 0 Å². The molecule has 134 valence electrons. The lowest BCUT2D eigenvalue weighted by molar-refractivity contribution is 0.0101. The first kappa shape index (κ1) is 17.5. The Hall–Kier alpha value is -2.34. The van der Waals surface area contributed by atoms with Crippen molar-refractivity contribution in [2.24, 2.45) is 5.92 Å². The van der Waals surface area contributed by atoms with Crippen LogP contribution in [0.25, 0.3) is 5.69 Å². The van der Waals surface area contributed by atoms with E-state index in [1.807, 2.05) is 38.1 Å². The van der Waals surface area contributed by atoms with Gasteiger partial charge in [0.25, 0.3) is 5.91 Å². The second-order valence-electron chi connectivity index (χ2n) is 6.86. The van der Waals surface area contributed by atoms with Gasteiger partial charge in [-0.1, -0.05) is 13.3 Å². The normalized spacial score (nSPS) is 22.8. The number of aliphatic hydroxyl groups is 1. The van der Waals surface area contributed by atoms with Gasteiger partial charge in [-0.3, -0.25) is 4.79 Å². The van der Waals surface area contributed by atoms with Crippen molar-refractivity contribution in [1.29, 1.82) is 0 Å². The molecule has 1 aromatic carbocycles. The number of nitrogens with one attached hydrogen (secondary N) is 1. The Bertz CT molecular complexity index is 754. The van der Waals surface area contributed by atoms with Crippen LogP contribution in [0.2, 0.25) is 0 Å². The number of benzene rings is 1. The molecule has 1 saturated carbocycles. The molecule has 0 bridgehead atoms. The molecule has 2 atom stereocenters. The van der Waals surface area contributed by atoms with E-state index in [0.29, 0.717) is 5.69 Å². The van der Waals surface area contributed by atoms with Crippen LogP contribution in [0.15, 0.2) is 30.3 Å². The molecule has 1 amide bonds. The molecule has 25 heavy (non-hydrogen) atoms. The summed E-state index contributed by atoms with van der Waals surface area (Å²) in [5.74, 6) is 0.708. The molecule has 1 fully saturated rings. The van der Waals surface area contributed by atoms with Gasteiger partial charge in [0, 0.05) is 12.2 Å². The van der Waals surface area contributed by atoms with Crippen LogP contribution in [0.4, 0.5) is 0 Å². The summed E-state index contributed by atoms with van der Waals surface area (Å²) in [6, 6.07) is 9.25. The van der Waals surface area contributed by atoms with Crippen molar-refractivity contribution in [3.8, 4) is 11.4 Å². The summed E-state index contributed by atoms with van der Waals surface area (Å²) in [6.07, 6.45) is 2.73. The minimum absolute atomic E-state index is 0.200. The fraction of sp³-hybridized carbons (Fsp3) is 0.474. The lowest BCUT2D eigenvalue weighted by Gasteiger charge is -2.27. The van der Waals surface area contributed by atoms with Gasteiger partial charge in [0.1, 0.15) is 5.75 Å². The zero-order valence-corrected chi connectivity index (χ0v) is 15.0. The molecule has 2 N–H and O–H groups in total. The molecular formula is C19H25N3O3. The zero-order chi connectivity index (χ0) is 18.0. The van der Waals surface area contributed by atoms with Gasteiger partial charge in [-0.05, 0) is 56.0 Å². The minimum Gasteiger partial charge on any atom is -0.497 e. The van der Waals surface area contributed by atoms with E-state index in [4.69, 9.17) is 4.74 Å². The first-order valence-corrected chi connectivity index (χ1v) is 8.64. The van der Waals surface area contributed by atoms with Crippen molar-refractivity contribution in [2.75, 3.05) is 13.7 Å². The number of hydrogen-bond acceptors (Lipinski definition) is 4. The summed E-state index contributed by atoms with van der Waals surface area (Å²) >= 11 is 0. The Morgan fingerprint density at radius 2 is 2.16 bits per heavy atom. The fourth-order valence-corrected chi connectivity index (χ4v) is 3.39. The number of ether oxygens (including phenoxy) is 1. The maximum atomic E-state index is 12.4. The molecule has 0 aliphatic heterocycles. The molecular weight excluding hydrogens is 318 g/mol. The van der Waals surface area contributed by atoms with Crippen LogP contribution in [0, 0.1) is 12.8 Å². The summed E-state index contributed by atoms with van der Waals surface area (Å²) in [6.45, 7) is 4.20. The van der Waals surface area contributed by atoms with E-state index in [0.717, 1.165) is 36.4 Å². The topological polar surface area (TPSA) is 76.4 Å². The first-order valence-electron chi connectivity index (χ1n) is 8.64. The molecule has 6 nitrogen and oxygen atoms in total. The van der Waals surface area contributed by atoms with Gasteiger partial charge in [-0.2, -0.15) is 5.10 Å². The molecule has 6 heteroatoms. The predicted octanol–water partition coefficient (Wildman–Crippen LogP) is 2.47. The van der Waals surface area contributed by atoms with Crippen molar-refractivity contribution in [3.63, 3.8) is 0 Å². The van der Waals surface area contributed by atoms with Gasteiger partial charge < -0.3 is 15.2 Å². The summed E-state index contributed by atoms with van der Waals surface area (Å²) in [4.78, 5) is 12.4. The molecule has 0 saturated heterocycles. The van der Waals surface area contributed by atoms with Crippen molar-refractivity contribution < 1.29 is 14.6 Å². The van der Waals surface area contributed by atoms with Crippen LogP contribution in [0.3, 0.4) is 0 Å². The Labute approximate surface area is 147 Å². The average molecular weight is 343 g/mol. The Balaban J connectivity index is 1.71. The predicted molar refractivity (Wildman–Crippen MR) is 95.2 cm³/mol. The number of rotatable bonds is 5. The van der Waals surface area contributed by atoms with Crippen LogP contribution < -0.4 is 10.1 Å². The second-order valence-corrected chi connectivity index (χ2v) is 6.86. The van der Waals surface area contributed by atoms with E-state index in [9.17, 15) is 9.90 Å². The standard InChI is InChI=1S/C19H25N3O3/c1-13-5-4-10-19(13,24)12-20-18(23)17-11-14(2)22(21-17)15-6-8-16(25-3)9-7-15/h6-9,11,13,24H,4-5,10,12H2,1-3H3,(H,20,23)/t13-,19+/m1/s1. The maximum absolute atomic E-state index is 12.4. The quantitative estimate of drug-likeness (QED) is 0.874. The lowest BCUT2D eigenvalue weighted by atomic mass is 9.92. The summed E-state index contributed by atoms with van der Waals surface area (Å²) in [5, 5.41) is 17.8. The van der Waals surface area contributed by atoms with E-state index in [-0.39, 0.29) is 18.4 Å². The van der Waals surface area contributed by atoms with Gasteiger partial charge in [-0.15, -0.1) is 0 Å². The number of nitrogens with zero attached hydrogens (tertiary/aromatic N) is 2. The van der Waals surface area contributed by atoms with E-state index in [2.05, 4.69) is 10.4 Å². The average Bonchev–Trinajstić information content (AvgIpc) is 3.16. The molecule has 0 unspecified atom stereocenters.